The van der Waals surface area contributed by atoms with Gasteiger partial charge in [-0.2, -0.15) is 0 Å². The van der Waals surface area contributed by atoms with E-state index in [-0.39, 0.29) is 23.8 Å². The number of hydrazine groups is 1. The maximum absolute atomic E-state index is 12.5. The molecule has 0 atom stereocenters. The summed E-state index contributed by atoms with van der Waals surface area (Å²) in [6.07, 6.45) is 3.57. The monoisotopic (exact) mass is 366 g/mol. The lowest BCUT2D eigenvalue weighted by atomic mass is 10.1. The van der Waals surface area contributed by atoms with E-state index >= 15 is 0 Å². The fourth-order valence-electron chi connectivity index (χ4n) is 2.49. The second kappa shape index (κ2) is 8.15. The molecule has 25 heavy (non-hydrogen) atoms. The van der Waals surface area contributed by atoms with Crippen LogP contribution in [0.25, 0.3) is 0 Å². The van der Waals surface area contributed by atoms with E-state index < -0.39 is 15.9 Å². The summed E-state index contributed by atoms with van der Waals surface area (Å²) in [4.78, 5) is 24.7. The van der Waals surface area contributed by atoms with Gasteiger partial charge in [0, 0.05) is 19.3 Å². The van der Waals surface area contributed by atoms with E-state index in [9.17, 15) is 18.0 Å². The first-order valence-electron chi connectivity index (χ1n) is 7.97. The molecule has 0 N–H and O–H groups in total. The number of amides is 2. The molecule has 1 aliphatic heterocycles. The zero-order valence-electron chi connectivity index (χ0n) is 14.2. The minimum atomic E-state index is -3.27. The second-order valence-electron chi connectivity index (χ2n) is 5.78. The van der Waals surface area contributed by atoms with Crippen LogP contribution in [0.3, 0.4) is 0 Å². The Hall–Kier alpha value is -2.35. The molecular formula is C17H22N2O5S. The first kappa shape index (κ1) is 19.0. The summed E-state index contributed by atoms with van der Waals surface area (Å²) in [5.41, 5.74) is 0.685. The summed E-state index contributed by atoms with van der Waals surface area (Å²) < 4.78 is 28.0. The van der Waals surface area contributed by atoms with Gasteiger partial charge >= 0.3 is 6.09 Å². The average Bonchev–Trinajstić information content (AvgIpc) is 3.04. The summed E-state index contributed by atoms with van der Waals surface area (Å²) >= 11 is 0. The van der Waals surface area contributed by atoms with Gasteiger partial charge in [0.2, 0.25) is 5.91 Å². The zero-order chi connectivity index (χ0) is 18.4. The second-order valence-corrected chi connectivity index (χ2v) is 7.79. The highest BCUT2D eigenvalue weighted by molar-refractivity contribution is 7.90. The van der Waals surface area contributed by atoms with E-state index in [1.807, 2.05) is 0 Å². The van der Waals surface area contributed by atoms with Crippen molar-refractivity contribution in [3.8, 4) is 0 Å². The molecule has 8 heteroatoms. The van der Waals surface area contributed by atoms with Gasteiger partial charge in [0.15, 0.2) is 9.84 Å². The lowest BCUT2D eigenvalue weighted by molar-refractivity contribution is -0.140. The Morgan fingerprint density at radius 3 is 2.44 bits per heavy atom. The summed E-state index contributed by atoms with van der Waals surface area (Å²) in [7, 11) is -3.27. The van der Waals surface area contributed by atoms with E-state index in [0.717, 1.165) is 6.26 Å². The molecule has 2 amide bonds. The molecule has 0 unspecified atom stereocenters. The molecule has 136 valence electrons. The summed E-state index contributed by atoms with van der Waals surface area (Å²) in [5, 5.41) is 2.71. The average molecular weight is 366 g/mol. The largest absolute Gasteiger partial charge is 0.448 e. The van der Waals surface area contributed by atoms with E-state index in [0.29, 0.717) is 31.5 Å². The molecule has 1 aliphatic rings. The van der Waals surface area contributed by atoms with Crippen LogP contribution in [0.1, 0.15) is 18.4 Å². The molecule has 2 rings (SSSR count). The third-order valence-electron chi connectivity index (χ3n) is 3.78. The Bertz CT molecular complexity index is 743. The van der Waals surface area contributed by atoms with E-state index in [1.165, 1.54) is 22.2 Å². The standard InChI is InChI=1S/C17H22N2O5S/c1-3-4-12-24-17(21)19-11-5-10-18(19)16(20)13-14-6-8-15(9-7-14)25(2,22)23/h3,6-9H,1,4-5,10-13H2,2H3. The van der Waals surface area contributed by atoms with Crippen LogP contribution in [0.4, 0.5) is 4.79 Å². The summed E-state index contributed by atoms with van der Waals surface area (Å²) in [5.74, 6) is -0.231. The van der Waals surface area contributed by atoms with Crippen molar-refractivity contribution in [2.24, 2.45) is 0 Å². The third-order valence-corrected chi connectivity index (χ3v) is 4.91. The van der Waals surface area contributed by atoms with Gasteiger partial charge in [-0.25, -0.2) is 23.2 Å². The quantitative estimate of drug-likeness (QED) is 0.566. The van der Waals surface area contributed by atoms with Gasteiger partial charge in [-0.1, -0.05) is 18.2 Å². The van der Waals surface area contributed by atoms with Gasteiger partial charge < -0.3 is 4.74 Å². The Labute approximate surface area is 147 Å². The van der Waals surface area contributed by atoms with Crippen LogP contribution in [-0.4, -0.2) is 56.4 Å². The molecule has 0 aliphatic carbocycles. The number of rotatable bonds is 6. The predicted octanol–water partition coefficient (Wildman–Crippen LogP) is 1.79. The van der Waals surface area contributed by atoms with Gasteiger partial charge in [0.05, 0.1) is 17.9 Å². The van der Waals surface area contributed by atoms with Crippen LogP contribution in [0, 0.1) is 0 Å². The van der Waals surface area contributed by atoms with Gasteiger partial charge in [-0.3, -0.25) is 4.79 Å². The van der Waals surface area contributed by atoms with Crippen LogP contribution in [0.15, 0.2) is 41.8 Å². The van der Waals surface area contributed by atoms with Crippen LogP contribution in [0.2, 0.25) is 0 Å². The molecule has 0 saturated carbocycles. The molecule has 7 nitrogen and oxygen atoms in total. The Balaban J connectivity index is 1.99. The molecular weight excluding hydrogens is 344 g/mol. The van der Waals surface area contributed by atoms with Gasteiger partial charge in [-0.15, -0.1) is 6.58 Å². The molecule has 1 fully saturated rings. The number of ether oxygens (including phenoxy) is 1. The lowest BCUT2D eigenvalue weighted by Crippen LogP contribution is -2.45. The van der Waals surface area contributed by atoms with Crippen LogP contribution < -0.4 is 0 Å². The topological polar surface area (TPSA) is 84.0 Å². The van der Waals surface area contributed by atoms with Crippen molar-refractivity contribution in [1.29, 1.82) is 0 Å². The first-order chi connectivity index (χ1) is 11.8. The fraction of sp³-hybridized carbons (Fsp3) is 0.412. The normalized spacial score (nSPS) is 14.4. The Kier molecular flexibility index (Phi) is 6.19. The first-order valence-corrected chi connectivity index (χ1v) is 9.86. The van der Waals surface area contributed by atoms with E-state index in [4.69, 9.17) is 4.74 Å². The van der Waals surface area contributed by atoms with Crippen molar-refractivity contribution in [3.63, 3.8) is 0 Å². The van der Waals surface area contributed by atoms with Crippen molar-refractivity contribution in [2.75, 3.05) is 26.0 Å². The highest BCUT2D eigenvalue weighted by atomic mass is 32.2. The van der Waals surface area contributed by atoms with E-state index in [2.05, 4.69) is 6.58 Å². The maximum Gasteiger partial charge on any atom is 0.428 e. The summed E-state index contributed by atoms with van der Waals surface area (Å²) in [6, 6.07) is 6.17. The number of carbonyl (C=O) groups is 2. The fourth-order valence-corrected chi connectivity index (χ4v) is 3.12. The Morgan fingerprint density at radius 2 is 1.84 bits per heavy atom. The van der Waals surface area contributed by atoms with Crippen LogP contribution in [0.5, 0.6) is 0 Å². The van der Waals surface area contributed by atoms with Crippen molar-refractivity contribution < 1.29 is 22.7 Å². The number of carbonyl (C=O) groups excluding carboxylic acids is 2. The smallest absolute Gasteiger partial charge is 0.428 e. The van der Waals surface area contributed by atoms with Crippen LogP contribution in [-0.2, 0) is 25.8 Å². The van der Waals surface area contributed by atoms with Gasteiger partial charge in [-0.05, 0) is 30.5 Å². The number of hydrogen-bond donors (Lipinski definition) is 0. The minimum absolute atomic E-state index is 0.0838. The molecule has 1 aromatic rings. The predicted molar refractivity (Wildman–Crippen MR) is 92.5 cm³/mol. The highest BCUT2D eigenvalue weighted by Gasteiger charge is 2.31. The van der Waals surface area contributed by atoms with Crippen molar-refractivity contribution >= 4 is 21.8 Å². The minimum Gasteiger partial charge on any atom is -0.448 e. The Morgan fingerprint density at radius 1 is 1.20 bits per heavy atom. The van der Waals surface area contributed by atoms with Crippen LogP contribution >= 0.6 is 0 Å². The maximum atomic E-state index is 12.5. The van der Waals surface area contributed by atoms with E-state index in [1.54, 1.807) is 18.2 Å². The lowest BCUT2D eigenvalue weighted by Gasteiger charge is -2.27. The molecule has 1 saturated heterocycles. The summed E-state index contributed by atoms with van der Waals surface area (Å²) in [6.45, 7) is 4.68. The number of nitrogens with zero attached hydrogens (tertiary/aromatic N) is 2. The van der Waals surface area contributed by atoms with Gasteiger partial charge in [0.25, 0.3) is 0 Å². The SMILES string of the molecule is C=CCCOC(=O)N1CCCN1C(=O)Cc1ccc(S(C)(=O)=O)cc1. The van der Waals surface area contributed by atoms with Crippen molar-refractivity contribution in [3.05, 3.63) is 42.5 Å². The van der Waals surface area contributed by atoms with Gasteiger partial charge in [0.1, 0.15) is 0 Å². The number of sulfone groups is 1. The molecule has 0 aromatic heterocycles. The third kappa shape index (κ3) is 5.06. The molecule has 0 spiro atoms. The molecule has 1 aromatic carbocycles. The molecule has 0 bridgehead atoms. The van der Waals surface area contributed by atoms with Crippen molar-refractivity contribution in [2.45, 2.75) is 24.2 Å². The van der Waals surface area contributed by atoms with Crippen molar-refractivity contribution in [1.82, 2.24) is 10.0 Å². The molecule has 0 radical (unpaired) electrons. The number of hydrogen-bond acceptors (Lipinski definition) is 5. The zero-order valence-corrected chi connectivity index (χ0v) is 15.0. The highest BCUT2D eigenvalue weighted by Crippen LogP contribution is 2.16. The molecule has 1 heterocycles. The number of benzene rings is 1.